The van der Waals surface area contributed by atoms with Crippen LogP contribution in [0.4, 0.5) is 0 Å². The second-order valence-electron chi connectivity index (χ2n) is 3.48. The molecule has 0 aliphatic heterocycles. The van der Waals surface area contributed by atoms with E-state index in [0.717, 1.165) is 5.54 Å². The Morgan fingerprint density at radius 2 is 1.67 bits per heavy atom. The first-order valence-corrected chi connectivity index (χ1v) is 6.80. The largest absolute Gasteiger partial charge is 0.0987 e. The quantitative estimate of drug-likeness (QED) is 0.519. The molecule has 1 heteroatoms. The van der Waals surface area contributed by atoms with Gasteiger partial charge in [0.05, 0.1) is 8.07 Å². The van der Waals surface area contributed by atoms with Gasteiger partial charge in [0.2, 0.25) is 0 Å². The summed E-state index contributed by atoms with van der Waals surface area (Å²) >= 11 is 0. The SMILES string of the molecule is CC=C[Si](C)(C)C(C)C. The third kappa shape index (κ3) is 2.85. The molecule has 9 heavy (non-hydrogen) atoms. The molecular formula is C8H18Si. The fraction of sp³-hybridized carbons (Fsp3) is 0.750. The average molecular weight is 142 g/mol. The predicted octanol–water partition coefficient (Wildman–Crippen LogP) is 3.22. The van der Waals surface area contributed by atoms with Crippen LogP contribution in [-0.2, 0) is 0 Å². The summed E-state index contributed by atoms with van der Waals surface area (Å²) < 4.78 is 0. The Morgan fingerprint density at radius 1 is 1.22 bits per heavy atom. The van der Waals surface area contributed by atoms with E-state index in [1.165, 1.54) is 0 Å². The molecule has 0 amide bonds. The fourth-order valence-electron chi connectivity index (χ4n) is 0.622. The van der Waals surface area contributed by atoms with Gasteiger partial charge in [0.15, 0.2) is 0 Å². The number of hydrogen-bond donors (Lipinski definition) is 0. The van der Waals surface area contributed by atoms with Gasteiger partial charge in [-0.05, 0) is 12.5 Å². The molecule has 0 aromatic carbocycles. The second kappa shape index (κ2) is 3.21. The van der Waals surface area contributed by atoms with Crippen LogP contribution in [0.1, 0.15) is 20.8 Å². The first-order chi connectivity index (χ1) is 4.00. The van der Waals surface area contributed by atoms with Gasteiger partial charge in [-0.25, -0.2) is 0 Å². The van der Waals surface area contributed by atoms with Gasteiger partial charge in [-0.1, -0.05) is 38.7 Å². The van der Waals surface area contributed by atoms with Crippen molar-refractivity contribution in [2.24, 2.45) is 0 Å². The van der Waals surface area contributed by atoms with E-state index in [1.807, 2.05) is 0 Å². The van der Waals surface area contributed by atoms with Crippen molar-refractivity contribution >= 4 is 8.07 Å². The molecule has 0 bridgehead atoms. The average Bonchev–Trinajstić information content (AvgIpc) is 1.65. The molecule has 0 unspecified atom stereocenters. The maximum absolute atomic E-state index is 2.40. The minimum Gasteiger partial charge on any atom is -0.0987 e. The van der Waals surface area contributed by atoms with Crippen LogP contribution in [0.2, 0.25) is 18.6 Å². The zero-order chi connectivity index (χ0) is 7.49. The molecule has 0 saturated carbocycles. The Labute approximate surface area is 60.0 Å². The second-order valence-corrected chi connectivity index (χ2v) is 8.61. The van der Waals surface area contributed by atoms with Gasteiger partial charge >= 0.3 is 0 Å². The van der Waals surface area contributed by atoms with E-state index in [0.29, 0.717) is 0 Å². The van der Waals surface area contributed by atoms with Crippen molar-refractivity contribution < 1.29 is 0 Å². The Kier molecular flexibility index (Phi) is 3.19. The van der Waals surface area contributed by atoms with Crippen LogP contribution < -0.4 is 0 Å². The molecule has 0 atom stereocenters. The molecule has 0 aliphatic rings. The number of allylic oxidation sites excluding steroid dienone is 1. The zero-order valence-corrected chi connectivity index (χ0v) is 8.23. The van der Waals surface area contributed by atoms with Crippen LogP contribution in [0.15, 0.2) is 11.8 Å². The van der Waals surface area contributed by atoms with Crippen molar-refractivity contribution in [2.45, 2.75) is 39.4 Å². The highest BCUT2D eigenvalue weighted by atomic mass is 28.3. The minimum atomic E-state index is -0.961. The van der Waals surface area contributed by atoms with Crippen LogP contribution in [-0.4, -0.2) is 8.07 Å². The van der Waals surface area contributed by atoms with Crippen molar-refractivity contribution in [3.63, 3.8) is 0 Å². The molecule has 0 radical (unpaired) electrons. The van der Waals surface area contributed by atoms with Crippen LogP contribution in [0.25, 0.3) is 0 Å². The van der Waals surface area contributed by atoms with Crippen molar-refractivity contribution in [3.8, 4) is 0 Å². The summed E-state index contributed by atoms with van der Waals surface area (Å²) in [5, 5.41) is 0. The molecule has 0 nitrogen and oxygen atoms in total. The standard InChI is InChI=1S/C8H18Si/c1-6-7-9(4,5)8(2)3/h6-8H,1-5H3. The summed E-state index contributed by atoms with van der Waals surface area (Å²) in [5.74, 6) is 0. The highest BCUT2D eigenvalue weighted by Crippen LogP contribution is 2.20. The van der Waals surface area contributed by atoms with Gasteiger partial charge in [-0.2, -0.15) is 0 Å². The van der Waals surface area contributed by atoms with E-state index in [-0.39, 0.29) is 0 Å². The lowest BCUT2D eigenvalue weighted by molar-refractivity contribution is 1.02. The molecule has 0 heterocycles. The molecule has 0 aromatic rings. The van der Waals surface area contributed by atoms with Crippen LogP contribution in [0.3, 0.4) is 0 Å². The van der Waals surface area contributed by atoms with Crippen molar-refractivity contribution in [2.75, 3.05) is 0 Å². The molecular weight excluding hydrogens is 124 g/mol. The number of rotatable bonds is 2. The lowest BCUT2D eigenvalue weighted by Crippen LogP contribution is -2.26. The molecule has 0 aromatic heterocycles. The first kappa shape index (κ1) is 8.96. The Morgan fingerprint density at radius 3 is 1.78 bits per heavy atom. The lowest BCUT2D eigenvalue weighted by Gasteiger charge is -2.21. The summed E-state index contributed by atoms with van der Waals surface area (Å²) in [4.78, 5) is 0. The smallest absolute Gasteiger partial charge is 0.0738 e. The Balaban J connectivity index is 4.01. The van der Waals surface area contributed by atoms with Gasteiger partial charge < -0.3 is 0 Å². The highest BCUT2D eigenvalue weighted by molar-refractivity contribution is 6.83. The predicted molar refractivity (Wildman–Crippen MR) is 47.4 cm³/mol. The van der Waals surface area contributed by atoms with E-state index >= 15 is 0 Å². The topological polar surface area (TPSA) is 0 Å². The Bertz CT molecular complexity index is 101. The Hall–Kier alpha value is -0.0431. The van der Waals surface area contributed by atoms with Crippen molar-refractivity contribution in [1.82, 2.24) is 0 Å². The van der Waals surface area contributed by atoms with Gasteiger partial charge in [0, 0.05) is 0 Å². The third-order valence-electron chi connectivity index (χ3n) is 2.08. The first-order valence-electron chi connectivity index (χ1n) is 3.64. The van der Waals surface area contributed by atoms with Crippen LogP contribution >= 0.6 is 0 Å². The van der Waals surface area contributed by atoms with E-state index in [9.17, 15) is 0 Å². The van der Waals surface area contributed by atoms with Crippen LogP contribution in [0, 0.1) is 0 Å². The summed E-state index contributed by atoms with van der Waals surface area (Å²) in [6.45, 7) is 11.5. The van der Waals surface area contributed by atoms with Gasteiger partial charge in [-0.15, -0.1) is 0 Å². The van der Waals surface area contributed by atoms with E-state index in [2.05, 4.69) is 45.6 Å². The highest BCUT2D eigenvalue weighted by Gasteiger charge is 2.20. The maximum atomic E-state index is 2.40. The molecule has 0 rings (SSSR count). The molecule has 0 fully saturated rings. The minimum absolute atomic E-state index is 0.869. The van der Waals surface area contributed by atoms with E-state index < -0.39 is 8.07 Å². The summed E-state index contributed by atoms with van der Waals surface area (Å²) in [6, 6.07) is 0. The van der Waals surface area contributed by atoms with E-state index in [1.54, 1.807) is 0 Å². The monoisotopic (exact) mass is 142 g/mol. The van der Waals surface area contributed by atoms with Gasteiger partial charge in [-0.3, -0.25) is 0 Å². The zero-order valence-electron chi connectivity index (χ0n) is 7.23. The summed E-state index contributed by atoms with van der Waals surface area (Å²) in [6.07, 6.45) is 2.19. The summed E-state index contributed by atoms with van der Waals surface area (Å²) in [5.41, 5.74) is 3.27. The molecule has 54 valence electrons. The fourth-order valence-corrected chi connectivity index (χ4v) is 1.87. The molecule has 0 N–H and O–H groups in total. The van der Waals surface area contributed by atoms with Gasteiger partial charge in [0.1, 0.15) is 0 Å². The van der Waals surface area contributed by atoms with Crippen LogP contribution in [0.5, 0.6) is 0 Å². The van der Waals surface area contributed by atoms with Gasteiger partial charge in [0.25, 0.3) is 0 Å². The molecule has 0 saturated heterocycles. The third-order valence-corrected chi connectivity index (χ3v) is 6.25. The van der Waals surface area contributed by atoms with Crippen molar-refractivity contribution in [1.29, 1.82) is 0 Å². The summed E-state index contributed by atoms with van der Waals surface area (Å²) in [7, 11) is -0.961. The van der Waals surface area contributed by atoms with Crippen molar-refractivity contribution in [3.05, 3.63) is 11.8 Å². The van der Waals surface area contributed by atoms with E-state index in [4.69, 9.17) is 0 Å². The molecule has 0 aliphatic carbocycles. The maximum Gasteiger partial charge on any atom is 0.0738 e. The molecule has 0 spiro atoms. The lowest BCUT2D eigenvalue weighted by atomic mass is 10.6. The number of hydrogen-bond acceptors (Lipinski definition) is 0. The normalized spacial score (nSPS) is 13.6.